The fourth-order valence-corrected chi connectivity index (χ4v) is 3.43. The van der Waals surface area contributed by atoms with Crippen LogP contribution in [0, 0.1) is 20.8 Å². The SMILES string of the molecule is Cc1ccnc(NS(=O)(=O)c2ccc(NC(N)=[NH+]c3nc(C)cc(C)n3)cc2)n1. The van der Waals surface area contributed by atoms with Gasteiger partial charge in [0.25, 0.3) is 16.0 Å². The number of hydrogen-bond acceptors (Lipinski definition) is 6. The molecule has 0 atom stereocenters. The lowest BCUT2D eigenvalue weighted by Crippen LogP contribution is -2.72. The molecule has 1 aromatic carbocycles. The number of nitrogens with zero attached hydrogens (tertiary/aromatic N) is 4. The third-order valence-electron chi connectivity index (χ3n) is 3.69. The first-order valence-corrected chi connectivity index (χ1v) is 10.1. The maximum Gasteiger partial charge on any atom is 0.354 e. The summed E-state index contributed by atoms with van der Waals surface area (Å²) in [5.74, 6) is 0.591. The number of aromatic nitrogens is 4. The Kier molecular flexibility index (Phi) is 5.69. The van der Waals surface area contributed by atoms with E-state index in [4.69, 9.17) is 5.73 Å². The topological polar surface area (TPSA) is 150 Å². The molecule has 0 aliphatic heterocycles. The minimum absolute atomic E-state index is 0.0161. The Morgan fingerprint density at radius 3 is 2.24 bits per heavy atom. The van der Waals surface area contributed by atoms with Crippen molar-refractivity contribution in [3.8, 4) is 0 Å². The lowest BCUT2D eigenvalue weighted by molar-refractivity contribution is -0.365. The average molecular weight is 413 g/mol. The normalized spacial score (nSPS) is 11.9. The van der Waals surface area contributed by atoms with E-state index in [1.807, 2.05) is 19.9 Å². The Bertz CT molecular complexity index is 1140. The van der Waals surface area contributed by atoms with Crippen LogP contribution in [-0.2, 0) is 10.0 Å². The Morgan fingerprint density at radius 2 is 1.62 bits per heavy atom. The second-order valence-electron chi connectivity index (χ2n) is 6.29. The number of sulfonamides is 1. The standard InChI is InChI=1S/C18H20N8O2S/c1-11-8-9-20-17(21-11)26-29(27,28)15-6-4-14(5-7-15)24-16(19)25-18-22-12(2)10-13(3)23-18/h4-10H,1-3H3,(H,20,21,26)(H3,19,22,23,24,25)/p+1. The summed E-state index contributed by atoms with van der Waals surface area (Å²) in [7, 11) is -3.81. The number of aryl methyl sites for hydroxylation is 3. The maximum atomic E-state index is 12.5. The van der Waals surface area contributed by atoms with Crippen molar-refractivity contribution in [1.82, 2.24) is 19.9 Å². The van der Waals surface area contributed by atoms with Gasteiger partial charge in [-0.05, 0) is 51.1 Å². The molecule has 150 valence electrons. The highest BCUT2D eigenvalue weighted by Gasteiger charge is 2.16. The van der Waals surface area contributed by atoms with Crippen molar-refractivity contribution in [1.29, 1.82) is 0 Å². The number of guanidine groups is 1. The highest BCUT2D eigenvalue weighted by atomic mass is 32.2. The van der Waals surface area contributed by atoms with Gasteiger partial charge >= 0.3 is 5.95 Å². The number of nitrogens with one attached hydrogen (secondary N) is 3. The van der Waals surface area contributed by atoms with E-state index >= 15 is 0 Å². The fourth-order valence-electron chi connectivity index (χ4n) is 2.48. The molecule has 0 amide bonds. The Labute approximate surface area is 168 Å². The summed E-state index contributed by atoms with van der Waals surface area (Å²) < 4.78 is 27.3. The van der Waals surface area contributed by atoms with Crippen LogP contribution in [0.3, 0.4) is 0 Å². The second-order valence-corrected chi connectivity index (χ2v) is 7.97. The summed E-state index contributed by atoms with van der Waals surface area (Å²) in [6.45, 7) is 5.47. The monoisotopic (exact) mass is 413 g/mol. The number of nitrogens with two attached hydrogens (primary N) is 1. The largest absolute Gasteiger partial charge is 0.354 e. The second kappa shape index (κ2) is 8.19. The Morgan fingerprint density at radius 1 is 0.966 bits per heavy atom. The zero-order valence-corrected chi connectivity index (χ0v) is 16.9. The Balaban J connectivity index is 1.73. The van der Waals surface area contributed by atoms with E-state index in [1.165, 1.54) is 18.3 Å². The third-order valence-corrected chi connectivity index (χ3v) is 5.04. The molecule has 0 aliphatic rings. The van der Waals surface area contributed by atoms with E-state index in [0.717, 1.165) is 11.4 Å². The molecule has 2 aromatic heterocycles. The predicted molar refractivity (Wildman–Crippen MR) is 109 cm³/mol. The molecule has 29 heavy (non-hydrogen) atoms. The van der Waals surface area contributed by atoms with Gasteiger partial charge < -0.3 is 5.73 Å². The van der Waals surface area contributed by atoms with Crippen LogP contribution in [-0.4, -0.2) is 34.3 Å². The number of rotatable bonds is 5. The van der Waals surface area contributed by atoms with Crippen molar-refractivity contribution in [2.24, 2.45) is 5.73 Å². The minimum Gasteiger partial charge on any atom is -0.322 e. The molecular weight excluding hydrogens is 392 g/mol. The lowest BCUT2D eigenvalue weighted by Gasteiger charge is -2.08. The molecule has 0 bridgehead atoms. The van der Waals surface area contributed by atoms with Crippen molar-refractivity contribution in [3.63, 3.8) is 0 Å². The van der Waals surface area contributed by atoms with Gasteiger partial charge in [-0.15, -0.1) is 9.97 Å². The highest BCUT2D eigenvalue weighted by molar-refractivity contribution is 7.92. The van der Waals surface area contributed by atoms with Gasteiger partial charge in [0.05, 0.1) is 22.0 Å². The molecule has 3 aromatic rings. The number of benzene rings is 1. The average Bonchev–Trinajstić information content (AvgIpc) is 2.60. The van der Waals surface area contributed by atoms with E-state index < -0.39 is 10.0 Å². The molecule has 11 heteroatoms. The molecule has 0 spiro atoms. The zero-order valence-electron chi connectivity index (χ0n) is 16.1. The molecule has 0 radical (unpaired) electrons. The minimum atomic E-state index is -3.81. The molecule has 0 fully saturated rings. The van der Waals surface area contributed by atoms with Crippen molar-refractivity contribution < 1.29 is 13.4 Å². The van der Waals surface area contributed by atoms with E-state index in [9.17, 15) is 8.42 Å². The summed E-state index contributed by atoms with van der Waals surface area (Å²) in [4.78, 5) is 19.4. The van der Waals surface area contributed by atoms with Crippen molar-refractivity contribution in [3.05, 3.63) is 59.7 Å². The van der Waals surface area contributed by atoms with Crippen molar-refractivity contribution in [2.45, 2.75) is 25.7 Å². The van der Waals surface area contributed by atoms with Gasteiger partial charge in [0.1, 0.15) is 0 Å². The molecule has 5 N–H and O–H groups in total. The van der Waals surface area contributed by atoms with Gasteiger partial charge in [0.2, 0.25) is 5.95 Å². The van der Waals surface area contributed by atoms with Crippen LogP contribution >= 0.6 is 0 Å². The molecule has 0 unspecified atom stereocenters. The van der Waals surface area contributed by atoms with E-state index in [1.54, 1.807) is 25.1 Å². The van der Waals surface area contributed by atoms with Crippen molar-refractivity contribution in [2.75, 3.05) is 10.0 Å². The Hall–Kier alpha value is -3.60. The van der Waals surface area contributed by atoms with Gasteiger partial charge in [0.15, 0.2) is 0 Å². The molecule has 0 saturated carbocycles. The first-order valence-electron chi connectivity index (χ1n) is 8.62. The smallest absolute Gasteiger partial charge is 0.322 e. The summed E-state index contributed by atoms with van der Waals surface area (Å²) >= 11 is 0. The van der Waals surface area contributed by atoms with Crippen molar-refractivity contribution >= 4 is 33.6 Å². The zero-order chi connectivity index (χ0) is 21.0. The fraction of sp³-hybridized carbons (Fsp3) is 0.167. The van der Waals surface area contributed by atoms with Crippen LogP contribution in [0.5, 0.6) is 0 Å². The quantitative estimate of drug-likeness (QED) is 0.341. The van der Waals surface area contributed by atoms with E-state index in [0.29, 0.717) is 17.3 Å². The molecule has 2 heterocycles. The summed E-state index contributed by atoms with van der Waals surface area (Å²) in [5.41, 5.74) is 8.81. The van der Waals surface area contributed by atoms with Gasteiger partial charge in [-0.2, -0.15) is 0 Å². The third kappa shape index (κ3) is 5.45. The van der Waals surface area contributed by atoms with Crippen LogP contribution in [0.4, 0.5) is 17.6 Å². The first kappa shape index (κ1) is 20.1. The van der Waals surface area contributed by atoms with Crippen LogP contribution in [0.25, 0.3) is 0 Å². The van der Waals surface area contributed by atoms with Gasteiger partial charge in [0, 0.05) is 18.0 Å². The maximum absolute atomic E-state index is 12.5. The van der Waals surface area contributed by atoms with Crippen LogP contribution in [0.15, 0.2) is 47.5 Å². The highest BCUT2D eigenvalue weighted by Crippen LogP contribution is 2.16. The molecular formula is C18H21N8O2S+. The molecule has 10 nitrogen and oxygen atoms in total. The first-order chi connectivity index (χ1) is 13.7. The van der Waals surface area contributed by atoms with Crippen LogP contribution < -0.4 is 20.8 Å². The van der Waals surface area contributed by atoms with Gasteiger partial charge in [-0.25, -0.2) is 28.1 Å². The summed E-state index contributed by atoms with van der Waals surface area (Å²) in [5, 5.41) is 2.93. The van der Waals surface area contributed by atoms with Crippen LogP contribution in [0.2, 0.25) is 0 Å². The van der Waals surface area contributed by atoms with E-state index in [2.05, 4.69) is 35.0 Å². The number of hydrogen-bond donors (Lipinski definition) is 4. The van der Waals surface area contributed by atoms with Gasteiger partial charge in [-0.1, -0.05) is 0 Å². The number of anilines is 2. The molecule has 3 rings (SSSR count). The summed E-state index contributed by atoms with van der Waals surface area (Å²) in [6.07, 6.45) is 1.48. The molecule has 0 aliphatic carbocycles. The summed E-state index contributed by atoms with van der Waals surface area (Å²) in [6, 6.07) is 9.59. The van der Waals surface area contributed by atoms with Gasteiger partial charge in [-0.3, -0.25) is 5.32 Å². The van der Waals surface area contributed by atoms with E-state index in [-0.39, 0.29) is 16.8 Å². The molecule has 0 saturated heterocycles. The lowest BCUT2D eigenvalue weighted by atomic mass is 10.3. The van der Waals surface area contributed by atoms with Crippen LogP contribution in [0.1, 0.15) is 17.1 Å². The predicted octanol–water partition coefficient (Wildman–Crippen LogP) is 0.132.